The number of thiazole rings is 1. The molecule has 1 saturated heterocycles. The van der Waals surface area contributed by atoms with E-state index in [0.717, 1.165) is 36.3 Å². The van der Waals surface area contributed by atoms with Crippen LogP contribution in [0.4, 0.5) is 0 Å². The van der Waals surface area contributed by atoms with E-state index in [0.29, 0.717) is 18.0 Å². The second kappa shape index (κ2) is 9.17. The normalized spacial score (nSPS) is 22.3. The van der Waals surface area contributed by atoms with E-state index in [1.54, 1.807) is 11.3 Å². The SMILES string of the molecule is CN=C(NCc1sc(C)nc1C)NC1CN(C(C)C)CC1C.I. The third kappa shape index (κ3) is 5.56. The average Bonchev–Trinajstić information content (AvgIpc) is 2.97. The first-order chi connectivity index (χ1) is 10.4. The molecule has 0 amide bonds. The van der Waals surface area contributed by atoms with Crippen molar-refractivity contribution in [2.45, 2.75) is 53.2 Å². The molecule has 0 aliphatic carbocycles. The zero-order chi connectivity index (χ0) is 16.3. The molecule has 1 aliphatic heterocycles. The number of hydrogen-bond donors (Lipinski definition) is 2. The van der Waals surface area contributed by atoms with Crippen LogP contribution in [0.1, 0.15) is 36.3 Å². The molecule has 1 fully saturated rings. The highest BCUT2D eigenvalue weighted by atomic mass is 127. The fourth-order valence-corrected chi connectivity index (χ4v) is 3.76. The number of nitrogens with one attached hydrogen (secondary N) is 2. The monoisotopic (exact) mass is 451 g/mol. The van der Waals surface area contributed by atoms with Gasteiger partial charge in [0.05, 0.1) is 17.2 Å². The minimum Gasteiger partial charge on any atom is -0.352 e. The van der Waals surface area contributed by atoms with Gasteiger partial charge in [-0.1, -0.05) is 6.92 Å². The van der Waals surface area contributed by atoms with Crippen LogP contribution in [0, 0.1) is 19.8 Å². The first-order valence-corrected chi connectivity index (χ1v) is 8.86. The van der Waals surface area contributed by atoms with Crippen molar-refractivity contribution in [1.82, 2.24) is 20.5 Å². The lowest BCUT2D eigenvalue weighted by Crippen LogP contribution is -2.46. The van der Waals surface area contributed by atoms with Crippen molar-refractivity contribution in [2.24, 2.45) is 10.9 Å². The topological polar surface area (TPSA) is 52.6 Å². The summed E-state index contributed by atoms with van der Waals surface area (Å²) in [6.07, 6.45) is 0. The highest BCUT2D eigenvalue weighted by Crippen LogP contribution is 2.19. The number of hydrogen-bond acceptors (Lipinski definition) is 4. The molecular formula is C16H30IN5S. The molecule has 1 aromatic heterocycles. The van der Waals surface area contributed by atoms with Gasteiger partial charge in [-0.2, -0.15) is 0 Å². The third-order valence-corrected chi connectivity index (χ3v) is 5.41. The van der Waals surface area contributed by atoms with Gasteiger partial charge in [0, 0.05) is 37.1 Å². The number of aliphatic imine (C=N–C) groups is 1. The van der Waals surface area contributed by atoms with E-state index in [9.17, 15) is 0 Å². The minimum atomic E-state index is 0. The second-order valence-corrected chi connectivity index (χ2v) is 7.73. The van der Waals surface area contributed by atoms with Gasteiger partial charge in [0.1, 0.15) is 0 Å². The highest BCUT2D eigenvalue weighted by Gasteiger charge is 2.31. The summed E-state index contributed by atoms with van der Waals surface area (Å²) >= 11 is 1.75. The van der Waals surface area contributed by atoms with Crippen LogP contribution >= 0.6 is 35.3 Å². The molecule has 7 heteroatoms. The van der Waals surface area contributed by atoms with Crippen molar-refractivity contribution in [3.8, 4) is 0 Å². The number of aromatic nitrogens is 1. The largest absolute Gasteiger partial charge is 0.352 e. The van der Waals surface area contributed by atoms with Crippen LogP contribution in [-0.2, 0) is 6.54 Å². The molecule has 2 atom stereocenters. The van der Waals surface area contributed by atoms with Gasteiger partial charge in [-0.3, -0.25) is 9.89 Å². The molecule has 1 aliphatic rings. The Balaban J connectivity index is 0.00000264. The molecule has 5 nitrogen and oxygen atoms in total. The van der Waals surface area contributed by atoms with Crippen LogP contribution in [0.2, 0.25) is 0 Å². The molecule has 2 N–H and O–H groups in total. The first-order valence-electron chi connectivity index (χ1n) is 8.04. The van der Waals surface area contributed by atoms with Gasteiger partial charge in [0.15, 0.2) is 5.96 Å². The Labute approximate surface area is 161 Å². The fraction of sp³-hybridized carbons (Fsp3) is 0.750. The summed E-state index contributed by atoms with van der Waals surface area (Å²) in [4.78, 5) is 12.6. The summed E-state index contributed by atoms with van der Waals surface area (Å²) in [6.45, 7) is 14.0. The summed E-state index contributed by atoms with van der Waals surface area (Å²) in [5.41, 5.74) is 1.12. The smallest absolute Gasteiger partial charge is 0.191 e. The Morgan fingerprint density at radius 2 is 2.09 bits per heavy atom. The molecule has 0 saturated carbocycles. The molecule has 132 valence electrons. The Hall–Kier alpha value is -0.410. The van der Waals surface area contributed by atoms with E-state index in [2.05, 4.69) is 60.1 Å². The molecule has 0 spiro atoms. The number of aryl methyl sites for hydroxylation is 2. The molecule has 0 bridgehead atoms. The molecular weight excluding hydrogens is 421 g/mol. The minimum absolute atomic E-state index is 0. The van der Waals surface area contributed by atoms with Gasteiger partial charge >= 0.3 is 0 Å². The van der Waals surface area contributed by atoms with Gasteiger partial charge < -0.3 is 10.6 Å². The zero-order valence-corrected chi connectivity index (χ0v) is 18.2. The van der Waals surface area contributed by atoms with Crippen molar-refractivity contribution in [2.75, 3.05) is 20.1 Å². The molecule has 2 heterocycles. The summed E-state index contributed by atoms with van der Waals surface area (Å²) in [7, 11) is 1.83. The third-order valence-electron chi connectivity index (χ3n) is 4.33. The van der Waals surface area contributed by atoms with Crippen LogP contribution < -0.4 is 10.6 Å². The Morgan fingerprint density at radius 3 is 2.57 bits per heavy atom. The summed E-state index contributed by atoms with van der Waals surface area (Å²) in [5.74, 6) is 1.52. The quantitative estimate of drug-likeness (QED) is 0.420. The van der Waals surface area contributed by atoms with Crippen molar-refractivity contribution in [1.29, 1.82) is 0 Å². The maximum absolute atomic E-state index is 4.47. The Bertz CT molecular complexity index is 529. The standard InChI is InChI=1S/C16H29N5S.HI/c1-10(2)21-8-11(3)14(9-21)20-16(17-6)18-7-15-12(4)19-13(5)22-15;/h10-11,14H,7-9H2,1-6H3,(H2,17,18,20);1H. The number of halogens is 1. The molecule has 2 unspecified atom stereocenters. The number of guanidine groups is 1. The van der Waals surface area contributed by atoms with Crippen molar-refractivity contribution >= 4 is 41.3 Å². The zero-order valence-electron chi connectivity index (χ0n) is 15.0. The van der Waals surface area contributed by atoms with Gasteiger partial charge in [0.2, 0.25) is 0 Å². The predicted molar refractivity (Wildman–Crippen MR) is 110 cm³/mol. The summed E-state index contributed by atoms with van der Waals surface area (Å²) in [5, 5.41) is 8.12. The van der Waals surface area contributed by atoms with E-state index in [1.807, 2.05) is 7.05 Å². The number of nitrogens with zero attached hydrogens (tertiary/aromatic N) is 3. The summed E-state index contributed by atoms with van der Waals surface area (Å²) in [6, 6.07) is 1.06. The van der Waals surface area contributed by atoms with Crippen LogP contribution in [0.3, 0.4) is 0 Å². The van der Waals surface area contributed by atoms with Crippen LogP contribution in [-0.4, -0.2) is 48.1 Å². The second-order valence-electron chi connectivity index (χ2n) is 6.44. The fourth-order valence-electron chi connectivity index (χ4n) is 2.89. The van der Waals surface area contributed by atoms with E-state index in [1.165, 1.54) is 4.88 Å². The number of likely N-dealkylation sites (tertiary alicyclic amines) is 1. The first kappa shape index (κ1) is 20.6. The lowest BCUT2D eigenvalue weighted by molar-refractivity contribution is 0.265. The molecule has 0 aromatic carbocycles. The van der Waals surface area contributed by atoms with Crippen molar-refractivity contribution in [3.05, 3.63) is 15.6 Å². The number of rotatable bonds is 4. The van der Waals surface area contributed by atoms with Crippen LogP contribution in [0.5, 0.6) is 0 Å². The van der Waals surface area contributed by atoms with E-state index in [-0.39, 0.29) is 24.0 Å². The van der Waals surface area contributed by atoms with Crippen LogP contribution in [0.15, 0.2) is 4.99 Å². The maximum atomic E-state index is 4.47. The van der Waals surface area contributed by atoms with E-state index in [4.69, 9.17) is 0 Å². The van der Waals surface area contributed by atoms with Crippen molar-refractivity contribution < 1.29 is 0 Å². The van der Waals surface area contributed by atoms with Gasteiger partial charge in [0.25, 0.3) is 0 Å². The molecule has 23 heavy (non-hydrogen) atoms. The van der Waals surface area contributed by atoms with Crippen molar-refractivity contribution in [3.63, 3.8) is 0 Å². The maximum Gasteiger partial charge on any atom is 0.191 e. The lowest BCUT2D eigenvalue weighted by Gasteiger charge is -2.21. The Kier molecular flexibility index (Phi) is 8.23. The lowest BCUT2D eigenvalue weighted by atomic mass is 10.1. The van der Waals surface area contributed by atoms with E-state index >= 15 is 0 Å². The molecule has 1 aromatic rings. The van der Waals surface area contributed by atoms with E-state index < -0.39 is 0 Å². The summed E-state index contributed by atoms with van der Waals surface area (Å²) < 4.78 is 0. The molecule has 2 rings (SSSR count). The Morgan fingerprint density at radius 1 is 1.39 bits per heavy atom. The van der Waals surface area contributed by atoms with Gasteiger partial charge in [-0.05, 0) is 33.6 Å². The highest BCUT2D eigenvalue weighted by molar-refractivity contribution is 14.0. The molecule has 0 radical (unpaired) electrons. The predicted octanol–water partition coefficient (Wildman–Crippen LogP) is 2.77. The van der Waals surface area contributed by atoms with Crippen LogP contribution in [0.25, 0.3) is 0 Å². The average molecular weight is 451 g/mol. The van der Waals surface area contributed by atoms with Gasteiger partial charge in [-0.25, -0.2) is 4.98 Å². The van der Waals surface area contributed by atoms with Gasteiger partial charge in [-0.15, -0.1) is 35.3 Å².